The molecule has 0 aliphatic carbocycles. The number of alkyl halides is 3. The lowest BCUT2D eigenvalue weighted by molar-refractivity contribution is -0.202. The van der Waals surface area contributed by atoms with Gasteiger partial charge in [-0.15, -0.1) is 0 Å². The van der Waals surface area contributed by atoms with Crippen LogP contribution in [0.2, 0.25) is 5.02 Å². The molecule has 10 nitrogen and oxygen atoms in total. The van der Waals surface area contributed by atoms with Crippen molar-refractivity contribution in [1.29, 1.82) is 0 Å². The van der Waals surface area contributed by atoms with Crippen LogP contribution in [0.5, 0.6) is 11.5 Å². The number of rotatable bonds is 11. The van der Waals surface area contributed by atoms with Crippen LogP contribution < -0.4 is 9.47 Å². The summed E-state index contributed by atoms with van der Waals surface area (Å²) in [4.78, 5) is 39.7. The maximum absolute atomic E-state index is 13.0. The first kappa shape index (κ1) is 32.9. The fourth-order valence-electron chi connectivity index (χ4n) is 3.99. The zero-order valence-electron chi connectivity index (χ0n) is 22.4. The fourth-order valence-corrected chi connectivity index (χ4v) is 4.36. The molecule has 1 aliphatic heterocycles. The van der Waals surface area contributed by atoms with Gasteiger partial charge in [-0.25, -0.2) is 14.4 Å². The molecule has 1 heterocycles. The third-order valence-corrected chi connectivity index (χ3v) is 6.43. The number of aliphatic hydroxyl groups excluding tert-OH is 1. The molecule has 1 amide bonds. The van der Waals surface area contributed by atoms with Gasteiger partial charge in [0.15, 0.2) is 11.5 Å². The number of esters is 2. The molecule has 1 aliphatic rings. The minimum Gasteiger partial charge on any atom is -0.460 e. The Morgan fingerprint density at radius 3 is 2.20 bits per heavy atom. The Morgan fingerprint density at radius 2 is 1.61 bits per heavy atom. The minimum atomic E-state index is -2.44. The van der Waals surface area contributed by atoms with Gasteiger partial charge in [0.25, 0.3) is 0 Å². The Kier molecular flexibility index (Phi) is 11.2. The highest BCUT2D eigenvalue weighted by atomic mass is 35.6. The quantitative estimate of drug-likeness (QED) is 0.147. The van der Waals surface area contributed by atoms with Crippen LogP contribution in [-0.2, 0) is 30.2 Å². The second kappa shape index (κ2) is 14.0. The van der Waals surface area contributed by atoms with Crippen LogP contribution in [-0.4, -0.2) is 70.0 Å². The number of amides is 1. The number of carbonyl (C=O) groups is 3. The maximum atomic E-state index is 13.0. The molecule has 0 radical (unpaired) electrons. The van der Waals surface area contributed by atoms with Crippen molar-refractivity contribution in [3.05, 3.63) is 58.6 Å². The van der Waals surface area contributed by atoms with E-state index in [1.807, 2.05) is 0 Å². The molecule has 2 aromatic carbocycles. The van der Waals surface area contributed by atoms with Crippen LogP contribution in [0.3, 0.4) is 0 Å². The number of hydrogen-bond donors (Lipinski definition) is 1. The van der Waals surface area contributed by atoms with E-state index in [0.717, 1.165) is 0 Å². The standard InChI is InChI=1S/C27H29Cl4NO9/c1-4-37-23(34)27(24(35)38-5-2)40-21-10-9-17(12-22(21)41-27)11-16(3)32(25(36)39-15-26(29,30)31)14-20(33)18-7-6-8-19(28)13-18/h6-10,12-13,16,20,33H,4-5,11,14-15H2,1-3H3/t16-,20+/m1/s1. The summed E-state index contributed by atoms with van der Waals surface area (Å²) in [6, 6.07) is 10.8. The monoisotopic (exact) mass is 651 g/mol. The molecule has 0 saturated heterocycles. The molecule has 0 unspecified atom stereocenters. The number of halogens is 4. The molecule has 0 fully saturated rings. The molecule has 14 heteroatoms. The number of hydrogen-bond acceptors (Lipinski definition) is 9. The van der Waals surface area contributed by atoms with Crippen molar-refractivity contribution in [2.45, 2.75) is 48.9 Å². The van der Waals surface area contributed by atoms with Crippen LogP contribution in [0.15, 0.2) is 42.5 Å². The van der Waals surface area contributed by atoms with Crippen molar-refractivity contribution in [2.75, 3.05) is 26.4 Å². The van der Waals surface area contributed by atoms with Gasteiger partial charge < -0.3 is 33.7 Å². The van der Waals surface area contributed by atoms with Gasteiger partial charge in [0, 0.05) is 11.1 Å². The first-order valence-electron chi connectivity index (χ1n) is 12.6. The van der Waals surface area contributed by atoms with Gasteiger partial charge in [0.2, 0.25) is 3.79 Å². The lowest BCUT2D eigenvalue weighted by atomic mass is 10.0. The summed E-state index contributed by atoms with van der Waals surface area (Å²) >= 11 is 23.3. The largest absolute Gasteiger partial charge is 0.460 e. The lowest BCUT2D eigenvalue weighted by Crippen LogP contribution is -2.55. The zero-order valence-corrected chi connectivity index (χ0v) is 25.4. The molecular weight excluding hydrogens is 624 g/mol. The zero-order chi connectivity index (χ0) is 30.4. The predicted octanol–water partition coefficient (Wildman–Crippen LogP) is 5.41. The fraction of sp³-hybridized carbons (Fsp3) is 0.444. The minimum absolute atomic E-state index is 0.0168. The van der Waals surface area contributed by atoms with Crippen LogP contribution in [0.1, 0.15) is 38.0 Å². The average Bonchev–Trinajstić information content (AvgIpc) is 3.30. The second-order valence-electron chi connectivity index (χ2n) is 8.99. The molecule has 1 N–H and O–H groups in total. The van der Waals surface area contributed by atoms with Crippen molar-refractivity contribution < 1.29 is 43.2 Å². The Balaban J connectivity index is 1.83. The van der Waals surface area contributed by atoms with E-state index in [1.165, 1.54) is 11.0 Å². The summed E-state index contributed by atoms with van der Waals surface area (Å²) in [5, 5.41) is 11.3. The summed E-state index contributed by atoms with van der Waals surface area (Å²) in [6.45, 7) is 4.17. The number of aliphatic hydroxyl groups is 1. The summed E-state index contributed by atoms with van der Waals surface area (Å²) < 4.78 is 24.7. The van der Waals surface area contributed by atoms with Crippen LogP contribution >= 0.6 is 46.4 Å². The number of nitrogens with zero attached hydrogens (tertiary/aromatic N) is 1. The highest BCUT2D eigenvalue weighted by Gasteiger charge is 2.59. The van der Waals surface area contributed by atoms with Crippen LogP contribution in [0.25, 0.3) is 0 Å². The Labute approximate surface area is 257 Å². The molecule has 2 atom stereocenters. The molecule has 41 heavy (non-hydrogen) atoms. The van der Waals surface area contributed by atoms with Crippen molar-refractivity contribution in [3.63, 3.8) is 0 Å². The molecule has 2 aromatic rings. The van der Waals surface area contributed by atoms with E-state index < -0.39 is 46.4 Å². The van der Waals surface area contributed by atoms with Gasteiger partial charge in [-0.05, 0) is 62.6 Å². The molecule has 0 spiro atoms. The van der Waals surface area contributed by atoms with Crippen LogP contribution in [0.4, 0.5) is 4.79 Å². The Bertz CT molecular complexity index is 1240. The van der Waals surface area contributed by atoms with E-state index in [0.29, 0.717) is 16.1 Å². The smallest absolute Gasteiger partial charge is 0.453 e. The average molecular weight is 653 g/mol. The first-order valence-corrected chi connectivity index (χ1v) is 14.1. The van der Waals surface area contributed by atoms with Gasteiger partial charge in [-0.2, -0.15) is 0 Å². The summed E-state index contributed by atoms with van der Waals surface area (Å²) in [5.41, 5.74) is 1.13. The molecule has 0 bridgehead atoms. The normalized spacial score (nSPS) is 15.0. The Morgan fingerprint density at radius 1 is 0.976 bits per heavy atom. The first-order chi connectivity index (χ1) is 19.3. The number of fused-ring (bicyclic) bond motifs is 1. The third-order valence-electron chi connectivity index (χ3n) is 5.86. The summed E-state index contributed by atoms with van der Waals surface area (Å²) in [7, 11) is 0. The highest BCUT2D eigenvalue weighted by molar-refractivity contribution is 6.67. The van der Waals surface area contributed by atoms with Crippen molar-refractivity contribution in [2.24, 2.45) is 0 Å². The van der Waals surface area contributed by atoms with Crippen LogP contribution in [0, 0.1) is 0 Å². The molecule has 3 rings (SSSR count). The number of carbonyl (C=O) groups excluding carboxylic acids is 3. The Hall–Kier alpha value is -2.63. The summed E-state index contributed by atoms with van der Waals surface area (Å²) in [5.74, 6) is -4.32. The maximum Gasteiger partial charge on any atom is 0.453 e. The predicted molar refractivity (Wildman–Crippen MR) is 152 cm³/mol. The SMILES string of the molecule is CCOC(=O)C1(C(=O)OCC)Oc2ccc(C[C@@H](C)N(C[C@H](O)c3cccc(Cl)c3)C(=O)OCC(Cl)(Cl)Cl)cc2O1. The highest BCUT2D eigenvalue weighted by Crippen LogP contribution is 2.41. The van der Waals surface area contributed by atoms with E-state index in [-0.39, 0.29) is 37.7 Å². The summed E-state index contributed by atoms with van der Waals surface area (Å²) in [6.07, 6.45) is -1.70. The van der Waals surface area contributed by atoms with Gasteiger partial charge >= 0.3 is 23.8 Å². The van der Waals surface area contributed by atoms with Gasteiger partial charge in [0.1, 0.15) is 6.61 Å². The van der Waals surface area contributed by atoms with Gasteiger partial charge in [-0.1, -0.05) is 64.6 Å². The number of benzene rings is 2. The molecule has 224 valence electrons. The lowest BCUT2D eigenvalue weighted by Gasteiger charge is -2.31. The number of ether oxygens (including phenoxy) is 5. The van der Waals surface area contributed by atoms with Crippen molar-refractivity contribution in [1.82, 2.24) is 4.90 Å². The van der Waals surface area contributed by atoms with E-state index in [1.54, 1.807) is 57.2 Å². The van der Waals surface area contributed by atoms with Crippen molar-refractivity contribution >= 4 is 64.4 Å². The molecule has 0 saturated carbocycles. The van der Waals surface area contributed by atoms with Gasteiger partial charge in [0.05, 0.1) is 25.9 Å². The van der Waals surface area contributed by atoms with E-state index >= 15 is 0 Å². The van der Waals surface area contributed by atoms with E-state index in [2.05, 4.69) is 0 Å². The van der Waals surface area contributed by atoms with E-state index in [4.69, 9.17) is 70.1 Å². The molecular formula is C27H29Cl4NO9. The molecule has 0 aromatic heterocycles. The topological polar surface area (TPSA) is 121 Å². The van der Waals surface area contributed by atoms with Crippen molar-refractivity contribution in [3.8, 4) is 11.5 Å². The van der Waals surface area contributed by atoms with Gasteiger partial charge in [-0.3, -0.25) is 0 Å². The second-order valence-corrected chi connectivity index (χ2v) is 11.9. The van der Waals surface area contributed by atoms with E-state index in [9.17, 15) is 19.5 Å². The third kappa shape index (κ3) is 8.45.